The van der Waals surface area contributed by atoms with E-state index in [4.69, 9.17) is 4.74 Å². The Morgan fingerprint density at radius 3 is 2.70 bits per heavy atom. The van der Waals surface area contributed by atoms with E-state index in [1.54, 1.807) is 0 Å². The van der Waals surface area contributed by atoms with Gasteiger partial charge in [0, 0.05) is 36.3 Å². The molecule has 0 radical (unpaired) electrons. The zero-order valence-corrected chi connectivity index (χ0v) is 24.9. The maximum atomic E-state index is 13.1. The van der Waals surface area contributed by atoms with E-state index in [0.717, 1.165) is 53.0 Å². The van der Waals surface area contributed by atoms with E-state index in [2.05, 4.69) is 64.0 Å². The summed E-state index contributed by atoms with van der Waals surface area (Å²) in [5, 5.41) is 10.3. The molecule has 2 fully saturated rings. The van der Waals surface area contributed by atoms with Crippen molar-refractivity contribution < 1.29 is 9.53 Å². The van der Waals surface area contributed by atoms with Gasteiger partial charge in [0.2, 0.25) is 0 Å². The van der Waals surface area contributed by atoms with E-state index < -0.39 is 0 Å². The number of thioether (sulfide) groups is 1. The third-order valence-electron chi connectivity index (χ3n) is 8.71. The molecule has 0 unspecified atom stereocenters. The number of nitrogens with zero attached hydrogens (tertiary/aromatic N) is 5. The van der Waals surface area contributed by atoms with Crippen LogP contribution >= 0.6 is 11.8 Å². The second-order valence-electron chi connectivity index (χ2n) is 11.4. The van der Waals surface area contributed by atoms with Gasteiger partial charge in [-0.2, -0.15) is 0 Å². The highest BCUT2D eigenvalue weighted by atomic mass is 32.2. The topological polar surface area (TPSA) is 73.1 Å². The summed E-state index contributed by atoms with van der Waals surface area (Å²) in [5.74, 6) is 2.19. The lowest BCUT2D eigenvalue weighted by molar-refractivity contribution is 0.129. The van der Waals surface area contributed by atoms with Crippen molar-refractivity contribution in [2.75, 3.05) is 6.54 Å². The van der Waals surface area contributed by atoms with E-state index in [0.29, 0.717) is 12.5 Å². The van der Waals surface area contributed by atoms with Gasteiger partial charge in [-0.25, -0.2) is 0 Å². The summed E-state index contributed by atoms with van der Waals surface area (Å²) < 4.78 is 7.85. The first-order chi connectivity index (χ1) is 21.1. The van der Waals surface area contributed by atoms with E-state index in [-0.39, 0.29) is 22.4 Å². The quantitative estimate of drug-likeness (QED) is 0.171. The predicted octanol–water partition coefficient (Wildman–Crippen LogP) is 8.08. The van der Waals surface area contributed by atoms with Crippen molar-refractivity contribution in [3.8, 4) is 22.8 Å². The molecule has 4 heterocycles. The molecule has 4 atom stereocenters. The number of amides is 1. The summed E-state index contributed by atoms with van der Waals surface area (Å²) in [5.41, 5.74) is 5.19. The van der Waals surface area contributed by atoms with Crippen LogP contribution in [0.5, 0.6) is 11.5 Å². The van der Waals surface area contributed by atoms with Crippen LogP contribution in [-0.2, 0) is 6.54 Å². The van der Waals surface area contributed by atoms with Gasteiger partial charge in [-0.05, 0) is 91.8 Å². The van der Waals surface area contributed by atoms with E-state index in [1.807, 2.05) is 71.7 Å². The standard InChI is InChI=1S/C35H33N5O2S/c1-3-24(21-39-22-32(37-38-39)25-10-12-28(13-11-25)42-27-7-5-4-6-8-27)26-16-18-40-33(20-26)34(43-35(40)41)29-15-17-36-31-14-9-23(2)19-30(29)31/h3-15,17,19,22,24,26,33-34H,1,16,18,20-21H2,2H3/t24-,26-,33-,34-/m0/s1. The molecule has 216 valence electrons. The number of carbonyl (C=O) groups is 1. The molecule has 8 heteroatoms. The van der Waals surface area contributed by atoms with Crippen LogP contribution < -0.4 is 4.74 Å². The number of hydrogen-bond acceptors (Lipinski definition) is 6. The number of hydrogen-bond donors (Lipinski definition) is 0. The highest BCUT2D eigenvalue weighted by molar-refractivity contribution is 8.14. The average Bonchev–Trinajstić information content (AvgIpc) is 3.64. The number of aromatic nitrogens is 4. The Morgan fingerprint density at radius 1 is 1.07 bits per heavy atom. The molecule has 7 rings (SSSR count). The van der Waals surface area contributed by atoms with Crippen molar-refractivity contribution in [3.05, 3.63) is 115 Å². The molecular weight excluding hydrogens is 554 g/mol. The number of pyridine rings is 1. The Labute approximate surface area is 255 Å². The molecule has 0 bridgehead atoms. The first-order valence-electron chi connectivity index (χ1n) is 14.7. The van der Waals surface area contributed by atoms with Crippen molar-refractivity contribution in [3.63, 3.8) is 0 Å². The Hall–Kier alpha value is -4.43. The van der Waals surface area contributed by atoms with Gasteiger partial charge in [-0.1, -0.05) is 52.9 Å². The van der Waals surface area contributed by atoms with Gasteiger partial charge in [-0.3, -0.25) is 14.5 Å². The zero-order valence-electron chi connectivity index (χ0n) is 24.0. The Kier molecular flexibility index (Phi) is 7.45. The van der Waals surface area contributed by atoms with Crippen molar-refractivity contribution in [1.82, 2.24) is 24.9 Å². The summed E-state index contributed by atoms with van der Waals surface area (Å²) in [6.45, 7) is 7.77. The van der Waals surface area contributed by atoms with Crippen LogP contribution in [0.25, 0.3) is 22.2 Å². The number of benzene rings is 3. The maximum Gasteiger partial charge on any atom is 0.282 e. The number of carbonyl (C=O) groups excluding carboxylic acids is 1. The first-order valence-corrected chi connectivity index (χ1v) is 15.6. The summed E-state index contributed by atoms with van der Waals surface area (Å²) in [4.78, 5) is 19.8. The molecule has 0 N–H and O–H groups in total. The summed E-state index contributed by atoms with van der Waals surface area (Å²) in [6, 6.07) is 26.3. The largest absolute Gasteiger partial charge is 0.457 e. The Balaban J connectivity index is 1.06. The highest BCUT2D eigenvalue weighted by Gasteiger charge is 2.46. The molecule has 3 aromatic carbocycles. The van der Waals surface area contributed by atoms with Crippen LogP contribution in [-0.4, -0.2) is 42.7 Å². The second-order valence-corrected chi connectivity index (χ2v) is 12.5. The minimum absolute atomic E-state index is 0.0832. The lowest BCUT2D eigenvalue weighted by Crippen LogP contribution is -2.43. The zero-order chi connectivity index (χ0) is 29.3. The Morgan fingerprint density at radius 2 is 1.88 bits per heavy atom. The molecule has 0 aliphatic carbocycles. The number of piperidine rings is 1. The number of allylic oxidation sites excluding steroid dienone is 1. The maximum absolute atomic E-state index is 13.1. The lowest BCUT2D eigenvalue weighted by atomic mass is 9.79. The molecule has 2 saturated heterocycles. The van der Waals surface area contributed by atoms with Crippen LogP contribution in [0.3, 0.4) is 0 Å². The molecule has 0 spiro atoms. The monoisotopic (exact) mass is 587 g/mol. The number of ether oxygens (including phenoxy) is 1. The van der Waals surface area contributed by atoms with Crippen LogP contribution in [0.2, 0.25) is 0 Å². The molecule has 7 nitrogen and oxygen atoms in total. The van der Waals surface area contributed by atoms with Crippen LogP contribution in [0.4, 0.5) is 4.79 Å². The second kappa shape index (κ2) is 11.7. The van der Waals surface area contributed by atoms with Crippen molar-refractivity contribution in [1.29, 1.82) is 0 Å². The number of para-hydroxylation sites is 1. The first kappa shape index (κ1) is 27.4. The van der Waals surface area contributed by atoms with E-state index in [9.17, 15) is 4.79 Å². The average molecular weight is 588 g/mol. The highest BCUT2D eigenvalue weighted by Crippen LogP contribution is 2.50. The third-order valence-corrected chi connectivity index (χ3v) is 9.97. The van der Waals surface area contributed by atoms with Gasteiger partial charge >= 0.3 is 0 Å². The summed E-state index contributed by atoms with van der Waals surface area (Å²) in [7, 11) is 0. The minimum atomic E-state index is 0.0832. The fourth-order valence-corrected chi connectivity index (χ4v) is 7.78. The number of rotatable bonds is 8. The van der Waals surface area contributed by atoms with Crippen molar-refractivity contribution >= 4 is 27.9 Å². The van der Waals surface area contributed by atoms with Crippen LogP contribution in [0.1, 0.15) is 29.2 Å². The summed E-state index contributed by atoms with van der Waals surface area (Å²) in [6.07, 6.45) is 7.82. The van der Waals surface area contributed by atoms with Gasteiger partial charge in [0.1, 0.15) is 17.2 Å². The molecule has 43 heavy (non-hydrogen) atoms. The fourth-order valence-electron chi connectivity index (χ4n) is 6.45. The lowest BCUT2D eigenvalue weighted by Gasteiger charge is -2.39. The van der Waals surface area contributed by atoms with Crippen LogP contribution in [0, 0.1) is 18.8 Å². The molecule has 0 saturated carbocycles. The molecular formula is C35H33N5O2S. The van der Waals surface area contributed by atoms with Gasteiger partial charge < -0.3 is 9.64 Å². The predicted molar refractivity (Wildman–Crippen MR) is 171 cm³/mol. The molecule has 1 amide bonds. The normalized spacial score (nSPS) is 20.6. The molecule has 5 aromatic rings. The number of fused-ring (bicyclic) bond motifs is 2. The van der Waals surface area contributed by atoms with Crippen molar-refractivity contribution in [2.45, 2.75) is 37.6 Å². The SMILES string of the molecule is C=C[C@@H](Cn1cc(-c2ccc(Oc3ccccc3)cc2)nn1)[C@H]1CCN2C(=O)S[C@@H](c3ccnc4ccc(C)cc34)[C@@H]2C1. The summed E-state index contributed by atoms with van der Waals surface area (Å²) >= 11 is 1.47. The molecule has 2 aliphatic heterocycles. The van der Waals surface area contributed by atoms with E-state index in [1.165, 1.54) is 22.9 Å². The minimum Gasteiger partial charge on any atom is -0.457 e. The smallest absolute Gasteiger partial charge is 0.282 e. The van der Waals surface area contributed by atoms with Gasteiger partial charge in [-0.15, -0.1) is 11.7 Å². The Bertz CT molecular complexity index is 1770. The molecule has 2 aromatic heterocycles. The van der Waals surface area contributed by atoms with Crippen molar-refractivity contribution in [2.24, 2.45) is 11.8 Å². The van der Waals surface area contributed by atoms with Gasteiger partial charge in [0.25, 0.3) is 5.24 Å². The van der Waals surface area contributed by atoms with E-state index >= 15 is 0 Å². The fraction of sp³-hybridized carbons (Fsp3) is 0.257. The molecule has 2 aliphatic rings. The van der Waals surface area contributed by atoms with Crippen LogP contribution in [0.15, 0.2) is 104 Å². The third kappa shape index (κ3) is 5.55. The van der Waals surface area contributed by atoms with Gasteiger partial charge in [0.05, 0.1) is 17.0 Å². The van der Waals surface area contributed by atoms with Gasteiger partial charge in [0.15, 0.2) is 0 Å². The number of aryl methyl sites for hydroxylation is 1.